The van der Waals surface area contributed by atoms with E-state index < -0.39 is 0 Å². The SMILES string of the molecule is COc1ccc(Nc2ncccc2C(=O)NC2CCCCC2)cc1OC. The molecule has 3 rings (SSSR count). The first-order valence-electron chi connectivity index (χ1n) is 8.96. The average Bonchev–Trinajstić information content (AvgIpc) is 2.69. The monoisotopic (exact) mass is 355 g/mol. The van der Waals surface area contributed by atoms with Crippen LogP contribution in [0.1, 0.15) is 42.5 Å². The van der Waals surface area contributed by atoms with E-state index >= 15 is 0 Å². The average molecular weight is 355 g/mol. The van der Waals surface area contributed by atoms with Crippen molar-refractivity contribution < 1.29 is 14.3 Å². The first-order chi connectivity index (χ1) is 12.7. The van der Waals surface area contributed by atoms with Crippen LogP contribution < -0.4 is 20.1 Å². The van der Waals surface area contributed by atoms with Gasteiger partial charge in [-0.1, -0.05) is 19.3 Å². The number of hydrogen-bond donors (Lipinski definition) is 2. The largest absolute Gasteiger partial charge is 0.493 e. The van der Waals surface area contributed by atoms with Gasteiger partial charge in [0.2, 0.25) is 0 Å². The Morgan fingerprint density at radius 1 is 1.08 bits per heavy atom. The number of nitrogens with one attached hydrogen (secondary N) is 2. The fraction of sp³-hybridized carbons (Fsp3) is 0.400. The van der Waals surface area contributed by atoms with Gasteiger partial charge >= 0.3 is 0 Å². The third-order valence-electron chi connectivity index (χ3n) is 4.64. The highest BCUT2D eigenvalue weighted by atomic mass is 16.5. The Labute approximate surface area is 153 Å². The molecule has 26 heavy (non-hydrogen) atoms. The summed E-state index contributed by atoms with van der Waals surface area (Å²) in [5.41, 5.74) is 1.31. The summed E-state index contributed by atoms with van der Waals surface area (Å²) >= 11 is 0. The third-order valence-corrected chi connectivity index (χ3v) is 4.64. The van der Waals surface area contributed by atoms with Gasteiger partial charge in [-0.3, -0.25) is 4.79 Å². The molecular weight excluding hydrogens is 330 g/mol. The fourth-order valence-corrected chi connectivity index (χ4v) is 3.25. The van der Waals surface area contributed by atoms with Crippen LogP contribution in [0.2, 0.25) is 0 Å². The molecule has 2 aromatic rings. The molecule has 0 bridgehead atoms. The van der Waals surface area contributed by atoms with Crippen molar-refractivity contribution in [2.24, 2.45) is 0 Å². The minimum atomic E-state index is -0.0898. The zero-order valence-electron chi connectivity index (χ0n) is 15.2. The van der Waals surface area contributed by atoms with Crippen LogP contribution in [0.3, 0.4) is 0 Å². The zero-order valence-corrected chi connectivity index (χ0v) is 15.2. The highest BCUT2D eigenvalue weighted by Crippen LogP contribution is 2.31. The van der Waals surface area contributed by atoms with Crippen molar-refractivity contribution in [3.63, 3.8) is 0 Å². The predicted molar refractivity (Wildman–Crippen MR) is 101 cm³/mol. The lowest BCUT2D eigenvalue weighted by Gasteiger charge is -2.23. The topological polar surface area (TPSA) is 72.5 Å². The summed E-state index contributed by atoms with van der Waals surface area (Å²) in [6.45, 7) is 0. The molecule has 1 saturated carbocycles. The molecule has 2 N–H and O–H groups in total. The number of carbonyl (C=O) groups excluding carboxylic acids is 1. The molecular formula is C20H25N3O3. The summed E-state index contributed by atoms with van der Waals surface area (Å²) < 4.78 is 10.6. The summed E-state index contributed by atoms with van der Waals surface area (Å²) in [5.74, 6) is 1.69. The number of nitrogens with zero attached hydrogens (tertiary/aromatic N) is 1. The molecule has 1 aromatic carbocycles. The van der Waals surface area contributed by atoms with Crippen LogP contribution in [0.15, 0.2) is 36.5 Å². The Morgan fingerprint density at radius 3 is 2.58 bits per heavy atom. The molecule has 138 valence electrons. The summed E-state index contributed by atoms with van der Waals surface area (Å²) in [7, 11) is 3.18. The normalized spacial score (nSPS) is 14.5. The van der Waals surface area contributed by atoms with Gasteiger partial charge in [0, 0.05) is 24.0 Å². The van der Waals surface area contributed by atoms with Gasteiger partial charge in [0.25, 0.3) is 5.91 Å². The second-order valence-electron chi connectivity index (χ2n) is 6.40. The molecule has 0 aliphatic heterocycles. The van der Waals surface area contributed by atoms with E-state index in [9.17, 15) is 4.79 Å². The number of carbonyl (C=O) groups is 1. The summed E-state index contributed by atoms with van der Waals surface area (Å²) in [6.07, 6.45) is 7.37. The van der Waals surface area contributed by atoms with Gasteiger partial charge in [-0.15, -0.1) is 0 Å². The molecule has 1 amide bonds. The zero-order chi connectivity index (χ0) is 18.4. The van der Waals surface area contributed by atoms with Crippen molar-refractivity contribution in [2.45, 2.75) is 38.1 Å². The predicted octanol–water partition coefficient (Wildman–Crippen LogP) is 3.90. The van der Waals surface area contributed by atoms with Gasteiger partial charge in [0.15, 0.2) is 11.5 Å². The first-order valence-corrected chi connectivity index (χ1v) is 8.96. The second-order valence-corrected chi connectivity index (χ2v) is 6.40. The highest BCUT2D eigenvalue weighted by Gasteiger charge is 2.19. The van der Waals surface area contributed by atoms with Gasteiger partial charge < -0.3 is 20.1 Å². The molecule has 0 atom stereocenters. The van der Waals surface area contributed by atoms with Gasteiger partial charge in [0.1, 0.15) is 5.82 Å². The summed E-state index contributed by atoms with van der Waals surface area (Å²) in [6, 6.07) is 9.30. The summed E-state index contributed by atoms with van der Waals surface area (Å²) in [4.78, 5) is 17.1. The van der Waals surface area contributed by atoms with Gasteiger partial charge in [0.05, 0.1) is 19.8 Å². The van der Waals surface area contributed by atoms with Gasteiger partial charge in [-0.2, -0.15) is 0 Å². The molecule has 1 fully saturated rings. The van der Waals surface area contributed by atoms with Gasteiger partial charge in [-0.05, 0) is 37.1 Å². The second kappa shape index (κ2) is 8.56. The van der Waals surface area contributed by atoms with E-state index in [4.69, 9.17) is 9.47 Å². The van der Waals surface area contributed by atoms with Crippen LogP contribution in [0.4, 0.5) is 11.5 Å². The molecule has 0 spiro atoms. The van der Waals surface area contributed by atoms with Crippen LogP contribution in [-0.4, -0.2) is 31.2 Å². The lowest BCUT2D eigenvalue weighted by atomic mass is 9.95. The van der Waals surface area contributed by atoms with Crippen molar-refractivity contribution in [3.8, 4) is 11.5 Å². The first kappa shape index (κ1) is 18.0. The Kier molecular flexibility index (Phi) is 5.94. The number of amides is 1. The Hall–Kier alpha value is -2.76. The summed E-state index contributed by atoms with van der Waals surface area (Å²) in [5, 5.41) is 6.35. The lowest BCUT2D eigenvalue weighted by Crippen LogP contribution is -2.36. The fourth-order valence-electron chi connectivity index (χ4n) is 3.25. The molecule has 1 heterocycles. The number of benzene rings is 1. The number of rotatable bonds is 6. The Bertz CT molecular complexity index is 758. The van der Waals surface area contributed by atoms with Crippen LogP contribution in [0.25, 0.3) is 0 Å². The van der Waals surface area contributed by atoms with E-state index in [1.165, 1.54) is 19.3 Å². The smallest absolute Gasteiger partial charge is 0.255 e. The maximum atomic E-state index is 12.7. The minimum absolute atomic E-state index is 0.0898. The Balaban J connectivity index is 1.77. The number of methoxy groups -OCH3 is 2. The van der Waals surface area contributed by atoms with E-state index in [0.717, 1.165) is 18.5 Å². The van der Waals surface area contributed by atoms with E-state index in [2.05, 4.69) is 15.6 Å². The van der Waals surface area contributed by atoms with E-state index in [1.807, 2.05) is 18.2 Å². The molecule has 0 radical (unpaired) electrons. The number of aromatic nitrogens is 1. The number of anilines is 2. The highest BCUT2D eigenvalue weighted by molar-refractivity contribution is 5.99. The number of ether oxygens (including phenoxy) is 2. The van der Waals surface area contributed by atoms with Crippen molar-refractivity contribution in [2.75, 3.05) is 19.5 Å². The molecule has 6 heteroatoms. The maximum absolute atomic E-state index is 12.7. The Morgan fingerprint density at radius 2 is 1.85 bits per heavy atom. The van der Waals surface area contributed by atoms with Crippen molar-refractivity contribution in [1.29, 1.82) is 0 Å². The standard InChI is InChI=1S/C20H25N3O3/c1-25-17-11-10-15(13-18(17)26-2)22-19-16(9-6-12-21-19)20(24)23-14-7-4-3-5-8-14/h6,9-14H,3-5,7-8H2,1-2H3,(H,21,22)(H,23,24). The van der Waals surface area contributed by atoms with Crippen molar-refractivity contribution >= 4 is 17.4 Å². The maximum Gasteiger partial charge on any atom is 0.255 e. The third kappa shape index (κ3) is 4.25. The molecule has 1 aliphatic rings. The van der Waals surface area contributed by atoms with Crippen molar-refractivity contribution in [3.05, 3.63) is 42.1 Å². The van der Waals surface area contributed by atoms with E-state index in [-0.39, 0.29) is 11.9 Å². The number of pyridine rings is 1. The van der Waals surface area contributed by atoms with Gasteiger partial charge in [-0.25, -0.2) is 4.98 Å². The molecule has 1 aliphatic carbocycles. The van der Waals surface area contributed by atoms with E-state index in [1.54, 1.807) is 32.5 Å². The molecule has 6 nitrogen and oxygen atoms in total. The van der Waals surface area contributed by atoms with Crippen LogP contribution in [0, 0.1) is 0 Å². The van der Waals surface area contributed by atoms with Crippen molar-refractivity contribution in [1.82, 2.24) is 10.3 Å². The van der Waals surface area contributed by atoms with Crippen LogP contribution >= 0.6 is 0 Å². The van der Waals surface area contributed by atoms with Crippen LogP contribution in [-0.2, 0) is 0 Å². The quantitative estimate of drug-likeness (QED) is 0.822. The minimum Gasteiger partial charge on any atom is -0.493 e. The van der Waals surface area contributed by atoms with E-state index in [0.29, 0.717) is 22.9 Å². The molecule has 1 aromatic heterocycles. The molecule has 0 saturated heterocycles. The van der Waals surface area contributed by atoms with Crippen LogP contribution in [0.5, 0.6) is 11.5 Å². The number of hydrogen-bond acceptors (Lipinski definition) is 5. The lowest BCUT2D eigenvalue weighted by molar-refractivity contribution is 0.0928. The molecule has 0 unspecified atom stereocenters.